The average molecular weight is 548 g/mol. The Morgan fingerprint density at radius 1 is 0.875 bits per heavy atom. The maximum absolute atomic E-state index is 14.1. The Bertz CT molecular complexity index is 1770. The maximum Gasteiger partial charge on any atom is 0.433 e. The van der Waals surface area contributed by atoms with E-state index in [2.05, 4.69) is 15.4 Å². The number of amides is 1. The van der Waals surface area contributed by atoms with Gasteiger partial charge in [-0.05, 0) is 35.0 Å². The molecule has 12 heteroatoms. The number of rotatable bonds is 5. The number of esters is 2. The molecule has 5 aromatic rings. The Labute approximate surface area is 224 Å². The third-order valence-electron chi connectivity index (χ3n) is 6.11. The molecule has 3 aromatic carbocycles. The van der Waals surface area contributed by atoms with Gasteiger partial charge in [0.1, 0.15) is 5.56 Å². The van der Waals surface area contributed by atoms with E-state index in [1.54, 1.807) is 24.3 Å². The van der Waals surface area contributed by atoms with Crippen LogP contribution in [0.4, 0.5) is 18.9 Å². The predicted octanol–water partition coefficient (Wildman–Crippen LogP) is 5.39. The molecule has 5 rings (SSSR count). The molecule has 1 amide bonds. The summed E-state index contributed by atoms with van der Waals surface area (Å²) in [4.78, 5) is 41.9. The summed E-state index contributed by atoms with van der Waals surface area (Å²) in [6, 6.07) is 16.9. The zero-order chi connectivity index (χ0) is 28.6. The van der Waals surface area contributed by atoms with Crippen molar-refractivity contribution in [2.75, 3.05) is 19.5 Å². The van der Waals surface area contributed by atoms with Crippen molar-refractivity contribution in [3.8, 4) is 11.3 Å². The van der Waals surface area contributed by atoms with Crippen LogP contribution in [0.3, 0.4) is 0 Å². The van der Waals surface area contributed by atoms with Gasteiger partial charge in [-0.3, -0.25) is 4.79 Å². The summed E-state index contributed by atoms with van der Waals surface area (Å²) in [6.07, 6.45) is -3.85. The third-order valence-corrected chi connectivity index (χ3v) is 6.11. The summed E-state index contributed by atoms with van der Waals surface area (Å²) in [5, 5.41) is 7.76. The molecule has 9 nitrogen and oxygen atoms in total. The molecule has 40 heavy (non-hydrogen) atoms. The van der Waals surface area contributed by atoms with E-state index in [0.717, 1.165) is 31.9 Å². The van der Waals surface area contributed by atoms with Gasteiger partial charge in [-0.2, -0.15) is 18.3 Å². The molecule has 0 atom stereocenters. The first-order chi connectivity index (χ1) is 19.1. The number of alkyl halides is 3. The first-order valence-electron chi connectivity index (χ1n) is 11.7. The number of nitrogens with zero attached hydrogens (tertiary/aromatic N) is 3. The van der Waals surface area contributed by atoms with E-state index >= 15 is 0 Å². The lowest BCUT2D eigenvalue weighted by atomic mass is 10.0. The molecule has 1 N–H and O–H groups in total. The molecule has 0 unspecified atom stereocenters. The molecule has 0 saturated carbocycles. The van der Waals surface area contributed by atoms with Gasteiger partial charge in [-0.15, -0.1) is 0 Å². The molecular weight excluding hydrogens is 529 g/mol. The van der Waals surface area contributed by atoms with E-state index in [1.165, 1.54) is 18.2 Å². The van der Waals surface area contributed by atoms with Crippen molar-refractivity contribution in [1.29, 1.82) is 0 Å². The minimum Gasteiger partial charge on any atom is -0.465 e. The molecule has 0 aliphatic rings. The van der Waals surface area contributed by atoms with Crippen LogP contribution in [0.15, 0.2) is 72.9 Å². The minimum atomic E-state index is -4.81. The van der Waals surface area contributed by atoms with Crippen LogP contribution < -0.4 is 5.32 Å². The normalized spacial score (nSPS) is 11.4. The number of aromatic nitrogens is 3. The number of hydrogen-bond acceptors (Lipinski definition) is 7. The van der Waals surface area contributed by atoms with Gasteiger partial charge >= 0.3 is 18.1 Å². The monoisotopic (exact) mass is 548 g/mol. The number of carbonyl (C=O) groups is 3. The van der Waals surface area contributed by atoms with E-state index in [1.807, 2.05) is 18.2 Å². The van der Waals surface area contributed by atoms with E-state index in [0.29, 0.717) is 15.5 Å². The van der Waals surface area contributed by atoms with Crippen LogP contribution in [0.2, 0.25) is 0 Å². The van der Waals surface area contributed by atoms with Crippen molar-refractivity contribution in [3.63, 3.8) is 0 Å². The Hall–Kier alpha value is -5.26. The number of nitrogens with one attached hydrogen (secondary N) is 1. The molecule has 2 heterocycles. The molecule has 0 bridgehead atoms. The summed E-state index contributed by atoms with van der Waals surface area (Å²) in [5.74, 6) is -2.44. The predicted molar refractivity (Wildman–Crippen MR) is 138 cm³/mol. The number of halogens is 3. The molecule has 0 saturated heterocycles. The molecule has 2 aromatic heterocycles. The van der Waals surface area contributed by atoms with Gasteiger partial charge in [0.05, 0.1) is 37.2 Å². The number of anilines is 1. The highest BCUT2D eigenvalue weighted by molar-refractivity contribution is 6.09. The third kappa shape index (κ3) is 4.82. The van der Waals surface area contributed by atoms with Crippen molar-refractivity contribution < 1.29 is 37.0 Å². The van der Waals surface area contributed by atoms with Gasteiger partial charge in [0, 0.05) is 11.3 Å². The summed E-state index contributed by atoms with van der Waals surface area (Å²) in [7, 11) is 2.28. The highest BCUT2D eigenvalue weighted by Gasteiger charge is 2.36. The summed E-state index contributed by atoms with van der Waals surface area (Å²) < 4.78 is 52.3. The Kier molecular flexibility index (Phi) is 6.68. The molecule has 0 fully saturated rings. The SMILES string of the molecule is COC(=O)c1cc(NC(=O)c2cnn3c(C(F)(F)F)cc(-c4cccc5ccccc45)nc23)cc(C(=O)OC)c1. The van der Waals surface area contributed by atoms with E-state index in [9.17, 15) is 27.6 Å². The Balaban J connectivity index is 1.64. The van der Waals surface area contributed by atoms with Crippen LogP contribution in [0.5, 0.6) is 0 Å². The van der Waals surface area contributed by atoms with Gasteiger partial charge in [-0.1, -0.05) is 42.5 Å². The largest absolute Gasteiger partial charge is 0.465 e. The molecule has 0 aliphatic heterocycles. The number of hydrogen-bond donors (Lipinski definition) is 1. The highest BCUT2D eigenvalue weighted by atomic mass is 19.4. The molecular formula is C28H19F3N4O5. The first-order valence-corrected chi connectivity index (χ1v) is 11.7. The van der Waals surface area contributed by atoms with Crippen molar-refractivity contribution in [2.24, 2.45) is 0 Å². The molecule has 0 radical (unpaired) electrons. The van der Waals surface area contributed by atoms with Crippen LogP contribution in [0.1, 0.15) is 36.8 Å². The fraction of sp³-hybridized carbons (Fsp3) is 0.107. The summed E-state index contributed by atoms with van der Waals surface area (Å²) >= 11 is 0. The van der Waals surface area contributed by atoms with Crippen LogP contribution in [-0.2, 0) is 15.7 Å². The lowest BCUT2D eigenvalue weighted by Gasteiger charge is -2.13. The number of benzene rings is 3. The lowest BCUT2D eigenvalue weighted by molar-refractivity contribution is -0.142. The van der Waals surface area contributed by atoms with Crippen LogP contribution in [0.25, 0.3) is 27.7 Å². The maximum atomic E-state index is 14.1. The topological polar surface area (TPSA) is 112 Å². The quantitative estimate of drug-likeness (QED) is 0.293. The van der Waals surface area contributed by atoms with Crippen molar-refractivity contribution in [2.45, 2.75) is 6.18 Å². The van der Waals surface area contributed by atoms with Gasteiger partial charge in [-0.25, -0.2) is 19.1 Å². The second kappa shape index (κ2) is 10.1. The van der Waals surface area contributed by atoms with E-state index < -0.39 is 29.7 Å². The number of methoxy groups -OCH3 is 2. The molecule has 0 aliphatic carbocycles. The summed E-state index contributed by atoms with van der Waals surface area (Å²) in [6.45, 7) is 0. The van der Waals surface area contributed by atoms with Gasteiger partial charge in [0.25, 0.3) is 5.91 Å². The first kappa shape index (κ1) is 26.4. The zero-order valence-corrected chi connectivity index (χ0v) is 20.9. The minimum absolute atomic E-state index is 0.00565. The van der Waals surface area contributed by atoms with E-state index in [-0.39, 0.29) is 33.7 Å². The molecule has 202 valence electrons. The Morgan fingerprint density at radius 2 is 1.52 bits per heavy atom. The van der Waals surface area contributed by atoms with Crippen LogP contribution >= 0.6 is 0 Å². The smallest absolute Gasteiger partial charge is 0.433 e. The molecule has 0 spiro atoms. The van der Waals surface area contributed by atoms with Crippen LogP contribution in [0, 0.1) is 0 Å². The van der Waals surface area contributed by atoms with Crippen molar-refractivity contribution >= 4 is 40.0 Å². The van der Waals surface area contributed by atoms with Gasteiger partial charge in [0.2, 0.25) is 0 Å². The number of fused-ring (bicyclic) bond motifs is 2. The number of ether oxygens (including phenoxy) is 2. The standard InChI is InChI=1S/C28H19F3N4O5/c1-39-26(37)16-10-17(27(38)40-2)12-18(11-16)33-25(36)21-14-32-35-23(28(29,30)31)13-22(34-24(21)35)20-9-5-7-15-6-3-4-8-19(15)20/h3-14H,1-2H3,(H,33,36). The highest BCUT2D eigenvalue weighted by Crippen LogP contribution is 2.35. The second-order valence-electron chi connectivity index (χ2n) is 8.58. The fourth-order valence-corrected chi connectivity index (χ4v) is 4.28. The van der Waals surface area contributed by atoms with Crippen molar-refractivity contribution in [3.05, 3.63) is 95.3 Å². The van der Waals surface area contributed by atoms with Crippen LogP contribution in [-0.4, -0.2) is 46.7 Å². The van der Waals surface area contributed by atoms with Gasteiger partial charge < -0.3 is 14.8 Å². The summed E-state index contributed by atoms with van der Waals surface area (Å²) in [5.41, 5.74) is -1.43. The average Bonchev–Trinajstić information content (AvgIpc) is 3.38. The zero-order valence-electron chi connectivity index (χ0n) is 20.9. The van der Waals surface area contributed by atoms with Gasteiger partial charge in [0.15, 0.2) is 11.3 Å². The lowest BCUT2D eigenvalue weighted by Crippen LogP contribution is -2.16. The fourth-order valence-electron chi connectivity index (χ4n) is 4.28. The van der Waals surface area contributed by atoms with E-state index in [4.69, 9.17) is 9.47 Å². The second-order valence-corrected chi connectivity index (χ2v) is 8.58. The Morgan fingerprint density at radius 3 is 2.17 bits per heavy atom. The van der Waals surface area contributed by atoms with Crippen molar-refractivity contribution in [1.82, 2.24) is 14.6 Å². The number of carbonyl (C=O) groups excluding carboxylic acids is 3.